The molecule has 0 amide bonds. The molecule has 4 nitrogen and oxygen atoms in total. The molecule has 1 unspecified atom stereocenters. The van der Waals surface area contributed by atoms with Crippen molar-refractivity contribution in [3.8, 4) is 11.5 Å². The summed E-state index contributed by atoms with van der Waals surface area (Å²) in [5, 5.41) is 0. The largest absolute Gasteiger partial charge is 0.427 e. The van der Waals surface area contributed by atoms with Gasteiger partial charge in [0.1, 0.15) is 11.5 Å². The molecule has 0 bridgehead atoms. The van der Waals surface area contributed by atoms with E-state index in [2.05, 4.69) is 26.8 Å². The van der Waals surface area contributed by atoms with Crippen LogP contribution in [0.4, 0.5) is 0 Å². The van der Waals surface area contributed by atoms with E-state index in [0.29, 0.717) is 24.3 Å². The number of ether oxygens (including phenoxy) is 2. The fraction of sp³-hybridized carbons (Fsp3) is 0.417. The molecule has 0 aromatic heterocycles. The molecule has 0 aliphatic heterocycles. The maximum absolute atomic E-state index is 11.7. The number of hydrogen-bond donors (Lipinski definition) is 0. The highest BCUT2D eigenvalue weighted by Gasteiger charge is 2.45. The van der Waals surface area contributed by atoms with Crippen molar-refractivity contribution < 1.29 is 19.1 Å². The fourth-order valence-corrected chi connectivity index (χ4v) is 4.26. The molecule has 1 aliphatic rings. The summed E-state index contributed by atoms with van der Waals surface area (Å²) in [5.41, 5.74) is 3.38. The Morgan fingerprint density at radius 1 is 0.821 bits per heavy atom. The lowest BCUT2D eigenvalue weighted by Crippen LogP contribution is -2.23. The highest BCUT2D eigenvalue weighted by Crippen LogP contribution is 2.53. The standard InChI is InChI=1S/C24H28O4/c1-6-21(25)27-17-10-8-16(9-11-17)24(5)15-23(3,4)19-13-12-18(14-20(19)24)28-22(26)7-2/h8-14H,6-7,15H2,1-5H3. The van der Waals surface area contributed by atoms with Gasteiger partial charge in [-0.05, 0) is 52.8 Å². The number of hydrogen-bond acceptors (Lipinski definition) is 4. The van der Waals surface area contributed by atoms with E-state index < -0.39 is 0 Å². The average molecular weight is 380 g/mol. The highest BCUT2D eigenvalue weighted by molar-refractivity contribution is 5.72. The van der Waals surface area contributed by atoms with E-state index in [1.165, 1.54) is 11.1 Å². The van der Waals surface area contributed by atoms with Gasteiger partial charge in [0.05, 0.1) is 0 Å². The Morgan fingerprint density at radius 3 is 1.93 bits per heavy atom. The molecule has 0 fully saturated rings. The van der Waals surface area contributed by atoms with E-state index in [9.17, 15) is 9.59 Å². The second-order valence-corrected chi connectivity index (χ2v) is 8.28. The maximum atomic E-state index is 11.7. The number of carbonyl (C=O) groups is 2. The fourth-order valence-electron chi connectivity index (χ4n) is 4.26. The first-order valence-corrected chi connectivity index (χ1v) is 9.86. The van der Waals surface area contributed by atoms with Crippen molar-refractivity contribution in [3.63, 3.8) is 0 Å². The Labute approximate surface area is 166 Å². The number of rotatable bonds is 5. The zero-order chi connectivity index (χ0) is 20.5. The predicted octanol–water partition coefficient (Wildman–Crippen LogP) is 5.30. The second-order valence-electron chi connectivity index (χ2n) is 8.28. The molecular formula is C24H28O4. The molecule has 0 radical (unpaired) electrons. The molecule has 0 saturated carbocycles. The number of fused-ring (bicyclic) bond motifs is 1. The van der Waals surface area contributed by atoms with Gasteiger partial charge in [0.15, 0.2) is 0 Å². The van der Waals surface area contributed by atoms with Gasteiger partial charge in [-0.1, -0.05) is 52.8 Å². The monoisotopic (exact) mass is 380 g/mol. The van der Waals surface area contributed by atoms with Crippen LogP contribution in [-0.4, -0.2) is 11.9 Å². The zero-order valence-electron chi connectivity index (χ0n) is 17.3. The molecule has 0 saturated heterocycles. The van der Waals surface area contributed by atoms with Crippen molar-refractivity contribution in [2.75, 3.05) is 0 Å². The van der Waals surface area contributed by atoms with Crippen LogP contribution < -0.4 is 9.47 Å². The van der Waals surface area contributed by atoms with Crippen LogP contribution in [-0.2, 0) is 20.4 Å². The van der Waals surface area contributed by atoms with Crippen molar-refractivity contribution >= 4 is 11.9 Å². The summed E-state index contributed by atoms with van der Waals surface area (Å²) in [4.78, 5) is 23.2. The first-order valence-electron chi connectivity index (χ1n) is 9.86. The highest BCUT2D eigenvalue weighted by atomic mass is 16.5. The van der Waals surface area contributed by atoms with Crippen LogP contribution in [0, 0.1) is 0 Å². The Bertz CT molecular complexity index is 895. The molecule has 3 rings (SSSR count). The van der Waals surface area contributed by atoms with Crippen molar-refractivity contribution in [2.24, 2.45) is 0 Å². The number of carbonyl (C=O) groups excluding carboxylic acids is 2. The Hall–Kier alpha value is -2.62. The van der Waals surface area contributed by atoms with E-state index in [1.807, 2.05) is 36.4 Å². The van der Waals surface area contributed by atoms with Gasteiger partial charge in [-0.2, -0.15) is 0 Å². The quantitative estimate of drug-likeness (QED) is 0.521. The molecule has 28 heavy (non-hydrogen) atoms. The van der Waals surface area contributed by atoms with Gasteiger partial charge in [-0.25, -0.2) is 0 Å². The minimum absolute atomic E-state index is 0.00469. The van der Waals surface area contributed by atoms with Gasteiger partial charge in [-0.15, -0.1) is 0 Å². The van der Waals surface area contributed by atoms with Crippen LogP contribution in [0.2, 0.25) is 0 Å². The minimum Gasteiger partial charge on any atom is -0.427 e. The topological polar surface area (TPSA) is 52.6 Å². The summed E-state index contributed by atoms with van der Waals surface area (Å²) in [6, 6.07) is 13.7. The smallest absolute Gasteiger partial charge is 0.310 e. The van der Waals surface area contributed by atoms with Crippen molar-refractivity contribution in [3.05, 3.63) is 59.2 Å². The first-order chi connectivity index (χ1) is 13.2. The molecule has 148 valence electrons. The Kier molecular flexibility index (Phi) is 5.33. The molecule has 0 heterocycles. The van der Waals surface area contributed by atoms with E-state index in [0.717, 1.165) is 12.0 Å². The van der Waals surface area contributed by atoms with Gasteiger partial charge in [0, 0.05) is 18.3 Å². The Morgan fingerprint density at radius 2 is 1.36 bits per heavy atom. The van der Waals surface area contributed by atoms with E-state index >= 15 is 0 Å². The van der Waals surface area contributed by atoms with Crippen LogP contribution in [0.5, 0.6) is 11.5 Å². The normalized spacial score (nSPS) is 19.8. The van der Waals surface area contributed by atoms with Crippen LogP contribution in [0.25, 0.3) is 0 Å². The third-order valence-electron chi connectivity index (χ3n) is 5.64. The van der Waals surface area contributed by atoms with Crippen molar-refractivity contribution in [1.82, 2.24) is 0 Å². The van der Waals surface area contributed by atoms with Crippen LogP contribution in [0.3, 0.4) is 0 Å². The molecule has 1 aliphatic carbocycles. The number of esters is 2. The predicted molar refractivity (Wildman–Crippen MR) is 109 cm³/mol. The summed E-state index contributed by atoms with van der Waals surface area (Å²) in [5.74, 6) is 0.667. The van der Waals surface area contributed by atoms with E-state index in [-0.39, 0.29) is 22.8 Å². The molecule has 2 aromatic rings. The van der Waals surface area contributed by atoms with Gasteiger partial charge in [-0.3, -0.25) is 9.59 Å². The van der Waals surface area contributed by atoms with Gasteiger partial charge < -0.3 is 9.47 Å². The second kappa shape index (κ2) is 7.42. The molecule has 2 aromatic carbocycles. The maximum Gasteiger partial charge on any atom is 0.310 e. The molecular weight excluding hydrogens is 352 g/mol. The van der Waals surface area contributed by atoms with E-state index in [4.69, 9.17) is 9.47 Å². The first kappa shape index (κ1) is 20.1. The molecule has 1 atom stereocenters. The third-order valence-corrected chi connectivity index (χ3v) is 5.64. The summed E-state index contributed by atoms with van der Waals surface area (Å²) in [6.07, 6.45) is 1.63. The van der Waals surface area contributed by atoms with E-state index in [1.54, 1.807) is 13.8 Å². The van der Waals surface area contributed by atoms with Gasteiger partial charge >= 0.3 is 11.9 Å². The summed E-state index contributed by atoms with van der Waals surface area (Å²) in [6.45, 7) is 10.3. The number of benzene rings is 2. The molecule has 0 spiro atoms. The lowest BCUT2D eigenvalue weighted by Gasteiger charge is -2.28. The van der Waals surface area contributed by atoms with Crippen LogP contribution >= 0.6 is 0 Å². The van der Waals surface area contributed by atoms with Crippen LogP contribution in [0.15, 0.2) is 42.5 Å². The zero-order valence-corrected chi connectivity index (χ0v) is 17.3. The Balaban J connectivity index is 1.99. The lowest BCUT2D eigenvalue weighted by molar-refractivity contribution is -0.134. The van der Waals surface area contributed by atoms with Crippen LogP contribution in [0.1, 0.15) is 70.6 Å². The summed E-state index contributed by atoms with van der Waals surface area (Å²) < 4.78 is 10.8. The molecule has 4 heteroatoms. The third kappa shape index (κ3) is 3.68. The van der Waals surface area contributed by atoms with Crippen molar-refractivity contribution in [2.45, 2.75) is 64.7 Å². The minimum atomic E-state index is -0.242. The van der Waals surface area contributed by atoms with Crippen molar-refractivity contribution in [1.29, 1.82) is 0 Å². The van der Waals surface area contributed by atoms with Gasteiger partial charge in [0.2, 0.25) is 0 Å². The summed E-state index contributed by atoms with van der Waals surface area (Å²) in [7, 11) is 0. The summed E-state index contributed by atoms with van der Waals surface area (Å²) >= 11 is 0. The lowest BCUT2D eigenvalue weighted by atomic mass is 9.75. The average Bonchev–Trinajstić information content (AvgIpc) is 2.88. The molecule has 0 N–H and O–H groups in total. The van der Waals surface area contributed by atoms with Gasteiger partial charge in [0.25, 0.3) is 0 Å². The SMILES string of the molecule is CCC(=O)Oc1ccc(C2(C)CC(C)(C)c3ccc(OC(=O)CC)cc32)cc1.